The predicted octanol–water partition coefficient (Wildman–Crippen LogP) is 3.18. The zero-order valence-electron chi connectivity index (χ0n) is 10.4. The van der Waals surface area contributed by atoms with E-state index in [1.165, 1.54) is 0 Å². The maximum Gasteiger partial charge on any atom is 0.0897 e. The summed E-state index contributed by atoms with van der Waals surface area (Å²) in [6.45, 7) is 6.47. The molecule has 1 saturated carbocycles. The average molecular weight is 239 g/mol. The lowest BCUT2D eigenvalue weighted by molar-refractivity contribution is -0.0528. The molecule has 0 radical (unpaired) electrons. The maximum absolute atomic E-state index is 10.7. The minimum Gasteiger partial charge on any atom is -0.389 e. The molecule has 0 spiro atoms. The van der Waals surface area contributed by atoms with Gasteiger partial charge in [0.1, 0.15) is 0 Å². The molecule has 2 nitrogen and oxygen atoms in total. The van der Waals surface area contributed by atoms with Crippen molar-refractivity contribution in [2.75, 3.05) is 0 Å². The van der Waals surface area contributed by atoms with Crippen LogP contribution < -0.4 is 0 Å². The standard InChI is InChI=1S/C13H21NOS/c1-9-4-5-13(15,10(2)6-9)7-12-8-16-11(3)14-12/h8-10,15H,4-7H2,1-3H3. The van der Waals surface area contributed by atoms with Gasteiger partial charge in [0.25, 0.3) is 0 Å². The van der Waals surface area contributed by atoms with Crippen LogP contribution in [-0.2, 0) is 6.42 Å². The molecule has 90 valence electrons. The molecule has 1 N–H and O–H groups in total. The predicted molar refractivity (Wildman–Crippen MR) is 67.7 cm³/mol. The summed E-state index contributed by atoms with van der Waals surface area (Å²) >= 11 is 1.67. The van der Waals surface area contributed by atoms with Crippen molar-refractivity contribution in [3.8, 4) is 0 Å². The fourth-order valence-corrected chi connectivity index (χ4v) is 3.36. The van der Waals surface area contributed by atoms with Gasteiger partial charge in [0.05, 0.1) is 16.3 Å². The minimum absolute atomic E-state index is 0.387. The molecule has 0 saturated heterocycles. The van der Waals surface area contributed by atoms with Crippen molar-refractivity contribution in [3.63, 3.8) is 0 Å². The van der Waals surface area contributed by atoms with Crippen LogP contribution in [0.4, 0.5) is 0 Å². The molecule has 0 aliphatic heterocycles. The molecule has 3 unspecified atom stereocenters. The van der Waals surface area contributed by atoms with Crippen molar-refractivity contribution in [1.82, 2.24) is 4.98 Å². The number of thiazole rings is 1. The van der Waals surface area contributed by atoms with E-state index in [1.807, 2.05) is 6.92 Å². The van der Waals surface area contributed by atoms with Crippen molar-refractivity contribution in [1.29, 1.82) is 0 Å². The Morgan fingerprint density at radius 2 is 2.31 bits per heavy atom. The lowest BCUT2D eigenvalue weighted by Gasteiger charge is -2.40. The van der Waals surface area contributed by atoms with E-state index >= 15 is 0 Å². The van der Waals surface area contributed by atoms with E-state index in [0.717, 1.165) is 42.3 Å². The highest BCUT2D eigenvalue weighted by Crippen LogP contribution is 2.38. The van der Waals surface area contributed by atoms with Crippen LogP contribution in [0.1, 0.15) is 43.8 Å². The quantitative estimate of drug-likeness (QED) is 0.860. The number of hydrogen-bond donors (Lipinski definition) is 1. The summed E-state index contributed by atoms with van der Waals surface area (Å²) in [6, 6.07) is 0. The van der Waals surface area contributed by atoms with E-state index in [4.69, 9.17) is 0 Å². The normalized spacial score (nSPS) is 35.2. The topological polar surface area (TPSA) is 33.1 Å². The first-order chi connectivity index (χ1) is 7.49. The van der Waals surface area contributed by atoms with Crippen LogP contribution in [0.15, 0.2) is 5.38 Å². The van der Waals surface area contributed by atoms with Crippen LogP contribution >= 0.6 is 11.3 Å². The Balaban J connectivity index is 2.07. The van der Waals surface area contributed by atoms with Crippen LogP contribution in [-0.4, -0.2) is 15.7 Å². The van der Waals surface area contributed by atoms with E-state index in [1.54, 1.807) is 11.3 Å². The molecule has 1 fully saturated rings. The lowest BCUT2D eigenvalue weighted by atomic mass is 9.70. The first-order valence-corrected chi connectivity index (χ1v) is 7.01. The fraction of sp³-hybridized carbons (Fsp3) is 0.769. The second-order valence-corrected chi connectivity index (χ2v) is 6.48. The van der Waals surface area contributed by atoms with Crippen LogP contribution in [0.25, 0.3) is 0 Å². The van der Waals surface area contributed by atoms with Gasteiger partial charge >= 0.3 is 0 Å². The first-order valence-electron chi connectivity index (χ1n) is 6.13. The summed E-state index contributed by atoms with van der Waals surface area (Å²) in [7, 11) is 0. The molecular formula is C13H21NOS. The van der Waals surface area contributed by atoms with Gasteiger partial charge in [-0.2, -0.15) is 0 Å². The molecule has 1 heterocycles. The molecular weight excluding hydrogens is 218 g/mol. The van der Waals surface area contributed by atoms with Crippen LogP contribution in [0.3, 0.4) is 0 Å². The van der Waals surface area contributed by atoms with E-state index in [0.29, 0.717) is 5.92 Å². The van der Waals surface area contributed by atoms with Crippen molar-refractivity contribution >= 4 is 11.3 Å². The van der Waals surface area contributed by atoms with Gasteiger partial charge in [-0.3, -0.25) is 0 Å². The van der Waals surface area contributed by atoms with Gasteiger partial charge in [-0.05, 0) is 38.0 Å². The number of rotatable bonds is 2. The molecule has 3 atom stereocenters. The van der Waals surface area contributed by atoms with Gasteiger partial charge in [0.15, 0.2) is 0 Å². The molecule has 1 aliphatic rings. The van der Waals surface area contributed by atoms with Crippen molar-refractivity contribution < 1.29 is 5.11 Å². The lowest BCUT2D eigenvalue weighted by Crippen LogP contribution is -2.43. The first kappa shape index (κ1) is 12.1. The summed E-state index contributed by atoms with van der Waals surface area (Å²) in [5, 5.41) is 13.9. The highest BCUT2D eigenvalue weighted by molar-refractivity contribution is 7.09. The maximum atomic E-state index is 10.7. The Labute approximate surface area is 102 Å². The van der Waals surface area contributed by atoms with Crippen LogP contribution in [0.5, 0.6) is 0 Å². The summed E-state index contributed by atoms with van der Waals surface area (Å²) in [4.78, 5) is 4.46. The number of aliphatic hydroxyl groups is 1. The molecule has 1 aromatic rings. The second-order valence-electron chi connectivity index (χ2n) is 5.42. The van der Waals surface area contributed by atoms with Crippen molar-refractivity contribution in [2.45, 2.75) is 52.1 Å². The Bertz CT molecular complexity index is 363. The summed E-state index contributed by atoms with van der Waals surface area (Å²) < 4.78 is 0. The van der Waals surface area contributed by atoms with Gasteiger partial charge in [-0.25, -0.2) is 4.98 Å². The third-order valence-corrected chi connectivity index (χ3v) is 4.72. The highest BCUT2D eigenvalue weighted by Gasteiger charge is 2.38. The largest absolute Gasteiger partial charge is 0.389 e. The van der Waals surface area contributed by atoms with Gasteiger partial charge in [0.2, 0.25) is 0 Å². The Kier molecular flexibility index (Phi) is 3.36. The Morgan fingerprint density at radius 1 is 1.56 bits per heavy atom. The number of aromatic nitrogens is 1. The van der Waals surface area contributed by atoms with Crippen LogP contribution in [0.2, 0.25) is 0 Å². The number of hydrogen-bond acceptors (Lipinski definition) is 3. The molecule has 0 bridgehead atoms. The minimum atomic E-state index is -0.521. The zero-order valence-corrected chi connectivity index (χ0v) is 11.2. The third-order valence-electron chi connectivity index (χ3n) is 3.90. The van der Waals surface area contributed by atoms with Gasteiger partial charge in [-0.1, -0.05) is 13.8 Å². The molecule has 1 aromatic heterocycles. The third kappa shape index (κ3) is 2.46. The number of aryl methyl sites for hydroxylation is 1. The van der Waals surface area contributed by atoms with E-state index in [2.05, 4.69) is 24.2 Å². The average Bonchev–Trinajstić information content (AvgIpc) is 2.59. The van der Waals surface area contributed by atoms with Crippen molar-refractivity contribution in [3.05, 3.63) is 16.1 Å². The van der Waals surface area contributed by atoms with E-state index < -0.39 is 5.60 Å². The van der Waals surface area contributed by atoms with Crippen molar-refractivity contribution in [2.24, 2.45) is 11.8 Å². The molecule has 0 amide bonds. The summed E-state index contributed by atoms with van der Waals surface area (Å²) in [5.41, 5.74) is 0.541. The fourth-order valence-electron chi connectivity index (χ4n) is 2.75. The zero-order chi connectivity index (χ0) is 11.8. The van der Waals surface area contributed by atoms with Crippen LogP contribution in [0, 0.1) is 18.8 Å². The van der Waals surface area contributed by atoms with E-state index in [-0.39, 0.29) is 0 Å². The summed E-state index contributed by atoms with van der Waals surface area (Å²) in [6.07, 6.45) is 3.93. The van der Waals surface area contributed by atoms with Gasteiger partial charge in [-0.15, -0.1) is 11.3 Å². The smallest absolute Gasteiger partial charge is 0.0897 e. The van der Waals surface area contributed by atoms with Gasteiger partial charge < -0.3 is 5.11 Å². The second kappa shape index (κ2) is 4.46. The molecule has 16 heavy (non-hydrogen) atoms. The molecule has 1 aliphatic carbocycles. The SMILES string of the molecule is Cc1nc(CC2(O)CCC(C)CC2C)cs1. The molecule has 3 heteroatoms. The number of nitrogens with zero attached hydrogens (tertiary/aromatic N) is 1. The van der Waals surface area contributed by atoms with Gasteiger partial charge in [0, 0.05) is 11.8 Å². The highest BCUT2D eigenvalue weighted by atomic mass is 32.1. The molecule has 0 aromatic carbocycles. The van der Waals surface area contributed by atoms with E-state index in [9.17, 15) is 5.11 Å². The Morgan fingerprint density at radius 3 is 2.88 bits per heavy atom. The summed E-state index contributed by atoms with van der Waals surface area (Å²) in [5.74, 6) is 1.14. The Hall–Kier alpha value is -0.410. The molecule has 2 rings (SSSR count). The monoisotopic (exact) mass is 239 g/mol.